The van der Waals surface area contributed by atoms with Crippen molar-refractivity contribution in [2.24, 2.45) is 5.92 Å². The molecule has 56 heavy (non-hydrogen) atoms. The van der Waals surface area contributed by atoms with Crippen LogP contribution in [0, 0.1) is 59.3 Å². The molecule has 5 aromatic rings. The highest BCUT2D eigenvalue weighted by Gasteiger charge is 2.36. The molecule has 1 aliphatic carbocycles. The molecule has 0 aliphatic heterocycles. The van der Waals surface area contributed by atoms with Crippen molar-refractivity contribution < 1.29 is 31.7 Å². The fourth-order valence-corrected chi connectivity index (χ4v) is 11.2. The second-order valence-electron chi connectivity index (χ2n) is 13.9. The van der Waals surface area contributed by atoms with Crippen LogP contribution in [0.2, 0.25) is 0 Å². The van der Waals surface area contributed by atoms with Crippen molar-refractivity contribution in [2.45, 2.75) is 66.7 Å². The molecule has 5 aromatic carbocycles. The molecule has 2 atom stereocenters. The maximum absolute atomic E-state index is 14.8. The topological polar surface area (TPSA) is 80.3 Å². The molecule has 0 amide bonds. The third-order valence-electron chi connectivity index (χ3n) is 9.21. The van der Waals surface area contributed by atoms with E-state index in [-0.39, 0.29) is 5.92 Å². The molecule has 0 aromatic heterocycles. The van der Waals surface area contributed by atoms with Crippen LogP contribution in [0.3, 0.4) is 0 Å². The van der Waals surface area contributed by atoms with Gasteiger partial charge in [0, 0.05) is 22.7 Å². The first-order valence-corrected chi connectivity index (χ1v) is 22.8. The second kappa shape index (κ2) is 17.4. The van der Waals surface area contributed by atoms with Gasteiger partial charge in [-0.2, -0.15) is 4.57 Å². The van der Waals surface area contributed by atoms with Crippen LogP contribution in [-0.2, 0) is 13.7 Å². The van der Waals surface area contributed by atoms with Gasteiger partial charge in [-0.15, -0.1) is 0 Å². The zero-order chi connectivity index (χ0) is 40.0. The largest absolute Gasteiger partial charge is 0.647 e. The minimum Gasteiger partial charge on any atom is -0.411 e. The molecule has 10 heteroatoms. The molecular formula is C46H46O7P2S. The summed E-state index contributed by atoms with van der Waals surface area (Å²) >= 11 is 1.06. The van der Waals surface area contributed by atoms with E-state index in [9.17, 15) is 9.13 Å². The molecule has 0 heterocycles. The Hall–Kier alpha value is -5.05. The molecule has 0 N–H and O–H groups in total. The number of hydrogen-bond donors (Lipinski definition) is 0. The van der Waals surface area contributed by atoms with Crippen molar-refractivity contribution in [1.82, 2.24) is 0 Å². The molecule has 1 aliphatic rings. The molecule has 6 rings (SSSR count). The monoisotopic (exact) mass is 804 g/mol. The SMILES string of the molecule is CC1=C(\OP(=O)(Oc2c(C)cccc2C)Sc2ccc(-c3ccc(OP(=O)(Oc4c(C)cccc4C)Oc4c(C)cccc4C)cc3)cc2)C(C)C#CC/C=C\1. The first-order valence-electron chi connectivity index (χ1n) is 18.3. The summed E-state index contributed by atoms with van der Waals surface area (Å²) in [6, 6.07) is 32.1. The summed E-state index contributed by atoms with van der Waals surface area (Å²) < 4.78 is 60.3. The molecule has 0 bridgehead atoms. The summed E-state index contributed by atoms with van der Waals surface area (Å²) in [6.45, 7) is 11.4. The average Bonchev–Trinajstić information content (AvgIpc) is 3.15. The van der Waals surface area contributed by atoms with Crippen LogP contribution in [0.4, 0.5) is 0 Å². The van der Waals surface area contributed by atoms with Crippen molar-refractivity contribution in [2.75, 3.05) is 0 Å². The Morgan fingerprint density at radius 2 is 1.02 bits per heavy atom. The Balaban J connectivity index is 1.25. The minimum absolute atomic E-state index is 0.269. The quantitative estimate of drug-likeness (QED) is 0.0860. The summed E-state index contributed by atoms with van der Waals surface area (Å²) in [4.78, 5) is 0.704. The Morgan fingerprint density at radius 3 is 1.50 bits per heavy atom. The van der Waals surface area contributed by atoms with Crippen LogP contribution in [-0.4, -0.2) is 0 Å². The number of phosphoric ester groups is 1. The fraction of sp³-hybridized carbons (Fsp3) is 0.217. The smallest absolute Gasteiger partial charge is 0.411 e. The highest BCUT2D eigenvalue weighted by molar-refractivity contribution is 8.55. The van der Waals surface area contributed by atoms with E-state index in [2.05, 4.69) is 11.8 Å². The highest BCUT2D eigenvalue weighted by atomic mass is 32.7. The minimum atomic E-state index is -4.23. The van der Waals surface area contributed by atoms with Gasteiger partial charge in [0.1, 0.15) is 28.8 Å². The summed E-state index contributed by atoms with van der Waals surface area (Å²) in [5.41, 5.74) is 7.60. The Kier molecular flexibility index (Phi) is 12.6. The van der Waals surface area contributed by atoms with Crippen molar-refractivity contribution in [3.8, 4) is 46.0 Å². The molecule has 2 unspecified atom stereocenters. The predicted molar refractivity (Wildman–Crippen MR) is 228 cm³/mol. The lowest BCUT2D eigenvalue weighted by molar-refractivity contribution is 0.295. The van der Waals surface area contributed by atoms with Gasteiger partial charge < -0.3 is 22.6 Å². The van der Waals surface area contributed by atoms with Gasteiger partial charge in [0.05, 0.1) is 5.92 Å². The number of phosphoric acid groups is 1. The first-order chi connectivity index (χ1) is 26.7. The van der Waals surface area contributed by atoms with Crippen LogP contribution >= 0.6 is 26.0 Å². The molecule has 7 nitrogen and oxygen atoms in total. The van der Waals surface area contributed by atoms with Crippen LogP contribution in [0.5, 0.6) is 23.0 Å². The lowest BCUT2D eigenvalue weighted by Crippen LogP contribution is -2.10. The summed E-state index contributed by atoms with van der Waals surface area (Å²) in [5.74, 6) is 8.33. The van der Waals surface area contributed by atoms with Crippen LogP contribution in [0.25, 0.3) is 11.1 Å². The fourth-order valence-electron chi connectivity index (χ4n) is 6.22. The Morgan fingerprint density at radius 1 is 0.571 bits per heavy atom. The van der Waals surface area contributed by atoms with E-state index >= 15 is 0 Å². The standard InChI is InChI=1S/C46H46O7P2S/c1-31-15-10-9-11-16-32(2)45(31)52-55(48,53-46-37(7)21-14-22-38(46)8)56-42-29-25-40(26-30-42)39-23-27-41(28-24-39)49-54(47,50-43-33(3)17-12-18-34(43)4)51-44-35(5)19-13-20-36(44)6/h10,12-15,17-30,32H,9H2,1-8H3/b15-10-,45-31+. The molecular weight excluding hydrogens is 759 g/mol. The molecule has 0 saturated heterocycles. The number of rotatable bonds is 13. The van der Waals surface area contributed by atoms with E-state index in [4.69, 9.17) is 22.6 Å². The molecule has 0 saturated carbocycles. The lowest BCUT2D eigenvalue weighted by Gasteiger charge is -2.25. The van der Waals surface area contributed by atoms with Crippen molar-refractivity contribution in [1.29, 1.82) is 0 Å². The zero-order valence-corrected chi connectivity index (χ0v) is 35.5. The van der Waals surface area contributed by atoms with Crippen LogP contribution in [0.1, 0.15) is 53.6 Å². The van der Waals surface area contributed by atoms with Gasteiger partial charge in [-0.25, -0.2) is 4.57 Å². The van der Waals surface area contributed by atoms with E-state index in [0.717, 1.165) is 61.5 Å². The first kappa shape index (κ1) is 40.6. The Labute approximate surface area is 335 Å². The van der Waals surface area contributed by atoms with E-state index in [1.807, 2.05) is 159 Å². The second-order valence-corrected chi connectivity index (χ2v) is 19.1. The van der Waals surface area contributed by atoms with E-state index in [1.165, 1.54) is 0 Å². The van der Waals surface area contributed by atoms with Gasteiger partial charge in [0.2, 0.25) is 0 Å². The third kappa shape index (κ3) is 9.84. The highest BCUT2D eigenvalue weighted by Crippen LogP contribution is 2.65. The molecule has 0 radical (unpaired) electrons. The van der Waals surface area contributed by atoms with Gasteiger partial charge >= 0.3 is 14.6 Å². The zero-order valence-electron chi connectivity index (χ0n) is 32.9. The molecule has 288 valence electrons. The molecule has 0 spiro atoms. The van der Waals surface area contributed by atoms with Crippen molar-refractivity contribution >= 4 is 26.0 Å². The van der Waals surface area contributed by atoms with Gasteiger partial charge in [0.25, 0.3) is 0 Å². The summed E-state index contributed by atoms with van der Waals surface area (Å²) in [5, 5.41) is 0. The molecule has 0 fully saturated rings. The van der Waals surface area contributed by atoms with Crippen LogP contribution in [0.15, 0.2) is 132 Å². The van der Waals surface area contributed by atoms with E-state index in [1.54, 1.807) is 12.1 Å². The van der Waals surface area contributed by atoms with Gasteiger partial charge in [-0.3, -0.25) is 0 Å². The third-order valence-corrected chi connectivity index (χ3v) is 13.7. The van der Waals surface area contributed by atoms with Crippen LogP contribution < -0.4 is 18.1 Å². The Bertz CT molecular complexity index is 2340. The predicted octanol–water partition coefficient (Wildman–Crippen LogP) is 14.0. The number of para-hydroxylation sites is 3. The maximum Gasteiger partial charge on any atom is 0.647 e. The van der Waals surface area contributed by atoms with E-state index in [0.29, 0.717) is 40.1 Å². The number of allylic oxidation sites excluding steroid dienone is 4. The average molecular weight is 805 g/mol. The number of aryl methyl sites for hydroxylation is 6. The number of hydrogen-bond acceptors (Lipinski definition) is 8. The van der Waals surface area contributed by atoms with E-state index < -0.39 is 14.6 Å². The van der Waals surface area contributed by atoms with Crippen molar-refractivity contribution in [3.63, 3.8) is 0 Å². The van der Waals surface area contributed by atoms with Gasteiger partial charge in [0.15, 0.2) is 0 Å². The lowest BCUT2D eigenvalue weighted by atomic mass is 10.0. The maximum atomic E-state index is 14.8. The normalized spacial score (nSPS) is 17.0. The summed E-state index contributed by atoms with van der Waals surface area (Å²) in [7, 11) is -4.23. The summed E-state index contributed by atoms with van der Waals surface area (Å²) in [6.07, 6.45) is 4.57. The van der Waals surface area contributed by atoms with Crippen molar-refractivity contribution in [3.05, 3.63) is 160 Å². The van der Waals surface area contributed by atoms with Gasteiger partial charge in [-0.05, 0) is 130 Å². The van der Waals surface area contributed by atoms with Gasteiger partial charge in [-0.1, -0.05) is 103 Å². The number of benzene rings is 5.